The Bertz CT molecular complexity index is 930. The molecule has 1 atom stereocenters. The van der Waals surface area contributed by atoms with Crippen molar-refractivity contribution in [3.05, 3.63) is 59.1 Å². The van der Waals surface area contributed by atoms with E-state index in [1.54, 1.807) is 36.4 Å². The maximum absolute atomic E-state index is 13.1. The molecule has 1 aliphatic rings. The molecule has 6 nitrogen and oxygen atoms in total. The Hall–Kier alpha value is -2.09. The molecule has 0 aliphatic carbocycles. The van der Waals surface area contributed by atoms with Crippen molar-refractivity contribution in [1.29, 1.82) is 0 Å². The highest BCUT2D eigenvalue weighted by Crippen LogP contribution is 2.28. The minimum atomic E-state index is -3.67. The van der Waals surface area contributed by atoms with Crippen molar-refractivity contribution < 1.29 is 17.9 Å². The second kappa shape index (κ2) is 9.61. The summed E-state index contributed by atoms with van der Waals surface area (Å²) in [7, 11) is -2.14. The Balaban J connectivity index is 1.66. The van der Waals surface area contributed by atoms with Gasteiger partial charge in [-0.3, -0.25) is 4.79 Å². The van der Waals surface area contributed by atoms with Gasteiger partial charge >= 0.3 is 0 Å². The summed E-state index contributed by atoms with van der Waals surface area (Å²) in [6.45, 7) is 0.803. The lowest BCUT2D eigenvalue weighted by Crippen LogP contribution is -2.45. The van der Waals surface area contributed by atoms with Crippen LogP contribution in [0.1, 0.15) is 31.2 Å². The van der Waals surface area contributed by atoms with Gasteiger partial charge in [-0.1, -0.05) is 30.2 Å². The first-order chi connectivity index (χ1) is 13.9. The molecule has 0 unspecified atom stereocenters. The fraction of sp³-hybridized carbons (Fsp3) is 0.381. The quantitative estimate of drug-likeness (QED) is 0.719. The number of carbonyl (C=O) groups excluding carboxylic acids is 1. The Morgan fingerprint density at radius 1 is 1.14 bits per heavy atom. The molecular weight excluding hydrogens is 412 g/mol. The zero-order chi connectivity index (χ0) is 20.9. The molecule has 0 spiro atoms. The van der Waals surface area contributed by atoms with Crippen molar-refractivity contribution in [2.45, 2.75) is 43.2 Å². The summed E-state index contributed by atoms with van der Waals surface area (Å²) in [6.07, 6.45) is 2.51. The zero-order valence-corrected chi connectivity index (χ0v) is 17.9. The highest BCUT2D eigenvalue weighted by Gasteiger charge is 2.34. The van der Waals surface area contributed by atoms with E-state index in [0.29, 0.717) is 30.3 Å². The third-order valence-corrected chi connectivity index (χ3v) is 7.28. The van der Waals surface area contributed by atoms with E-state index in [-0.39, 0.29) is 23.3 Å². The Morgan fingerprint density at radius 3 is 2.48 bits per heavy atom. The summed E-state index contributed by atoms with van der Waals surface area (Å²) in [4.78, 5) is 12.7. The normalized spacial score (nSPS) is 17.7. The summed E-state index contributed by atoms with van der Waals surface area (Å²) in [5.41, 5.74) is 0.939. The summed E-state index contributed by atoms with van der Waals surface area (Å²) in [6, 6.07) is 13.2. The summed E-state index contributed by atoms with van der Waals surface area (Å²) >= 11 is 5.87. The molecule has 2 aromatic carbocycles. The Labute approximate surface area is 176 Å². The number of rotatable bonds is 7. The van der Waals surface area contributed by atoms with Crippen LogP contribution in [-0.2, 0) is 21.4 Å². The highest BCUT2D eigenvalue weighted by atomic mass is 35.5. The van der Waals surface area contributed by atoms with Gasteiger partial charge in [0.1, 0.15) is 5.75 Å². The van der Waals surface area contributed by atoms with Gasteiger partial charge in [-0.2, -0.15) is 4.31 Å². The van der Waals surface area contributed by atoms with E-state index in [4.69, 9.17) is 16.3 Å². The minimum Gasteiger partial charge on any atom is -0.497 e. The van der Waals surface area contributed by atoms with Crippen LogP contribution >= 0.6 is 11.6 Å². The van der Waals surface area contributed by atoms with Crippen LogP contribution in [0.15, 0.2) is 53.4 Å². The molecule has 0 bridgehead atoms. The number of amides is 1. The SMILES string of the molecule is COc1ccc(S(=O)(=O)N2CCCC[C@H]2CC(=O)NCc2ccc(Cl)cc2)cc1. The average Bonchev–Trinajstić information content (AvgIpc) is 2.73. The van der Waals surface area contributed by atoms with E-state index in [0.717, 1.165) is 18.4 Å². The van der Waals surface area contributed by atoms with E-state index in [1.807, 2.05) is 12.1 Å². The van der Waals surface area contributed by atoms with Gasteiger partial charge in [0.2, 0.25) is 15.9 Å². The van der Waals surface area contributed by atoms with Crippen LogP contribution in [0.25, 0.3) is 0 Å². The standard InChI is InChI=1S/C21H25ClN2O4S/c1-28-19-9-11-20(12-10-19)29(26,27)24-13-3-2-4-18(24)14-21(25)23-15-16-5-7-17(22)8-6-16/h5-12,18H,2-4,13-15H2,1H3,(H,23,25)/t18-/m0/s1. The molecule has 1 aliphatic heterocycles. The number of piperidine rings is 1. The molecule has 0 aromatic heterocycles. The van der Waals surface area contributed by atoms with Gasteiger partial charge in [0.25, 0.3) is 0 Å². The van der Waals surface area contributed by atoms with Gasteiger partial charge in [-0.25, -0.2) is 8.42 Å². The number of benzene rings is 2. The summed E-state index contributed by atoms with van der Waals surface area (Å²) < 4.78 is 32.8. The van der Waals surface area contributed by atoms with E-state index >= 15 is 0 Å². The molecule has 2 aromatic rings. The smallest absolute Gasteiger partial charge is 0.243 e. The molecule has 8 heteroatoms. The van der Waals surface area contributed by atoms with Gasteiger partial charge in [-0.15, -0.1) is 0 Å². The molecule has 1 N–H and O–H groups in total. The molecule has 156 valence electrons. The first-order valence-electron chi connectivity index (χ1n) is 9.57. The van der Waals surface area contributed by atoms with Crippen molar-refractivity contribution in [2.24, 2.45) is 0 Å². The Morgan fingerprint density at radius 2 is 1.83 bits per heavy atom. The molecule has 0 radical (unpaired) electrons. The second-order valence-electron chi connectivity index (χ2n) is 7.05. The lowest BCUT2D eigenvalue weighted by Gasteiger charge is -2.34. The van der Waals surface area contributed by atoms with Gasteiger partial charge in [-0.05, 0) is 54.8 Å². The largest absolute Gasteiger partial charge is 0.497 e. The lowest BCUT2D eigenvalue weighted by atomic mass is 10.0. The van der Waals surface area contributed by atoms with Crippen LogP contribution in [0.4, 0.5) is 0 Å². The molecule has 1 heterocycles. The van der Waals surface area contributed by atoms with Gasteiger partial charge in [0, 0.05) is 30.6 Å². The van der Waals surface area contributed by atoms with Crippen molar-refractivity contribution in [2.75, 3.05) is 13.7 Å². The van der Waals surface area contributed by atoms with Crippen molar-refractivity contribution >= 4 is 27.5 Å². The summed E-state index contributed by atoms with van der Waals surface area (Å²) in [5.74, 6) is 0.433. The number of carbonyl (C=O) groups is 1. The maximum atomic E-state index is 13.1. The molecule has 0 saturated carbocycles. The topological polar surface area (TPSA) is 75.7 Å². The number of hydrogen-bond donors (Lipinski definition) is 1. The number of nitrogens with one attached hydrogen (secondary N) is 1. The van der Waals surface area contributed by atoms with Crippen LogP contribution < -0.4 is 10.1 Å². The first-order valence-corrected chi connectivity index (χ1v) is 11.4. The van der Waals surface area contributed by atoms with E-state index in [2.05, 4.69) is 5.32 Å². The lowest BCUT2D eigenvalue weighted by molar-refractivity contribution is -0.122. The highest BCUT2D eigenvalue weighted by molar-refractivity contribution is 7.89. The molecule has 3 rings (SSSR count). The van der Waals surface area contributed by atoms with Crippen LogP contribution in [0.3, 0.4) is 0 Å². The van der Waals surface area contributed by atoms with Gasteiger partial charge in [0.05, 0.1) is 12.0 Å². The molecule has 1 saturated heterocycles. The number of methoxy groups -OCH3 is 1. The van der Waals surface area contributed by atoms with Crippen molar-refractivity contribution in [1.82, 2.24) is 9.62 Å². The molecular formula is C21H25ClN2O4S. The van der Waals surface area contributed by atoms with E-state index in [9.17, 15) is 13.2 Å². The summed E-state index contributed by atoms with van der Waals surface area (Å²) in [5, 5.41) is 3.51. The third kappa shape index (κ3) is 5.50. The van der Waals surface area contributed by atoms with E-state index in [1.165, 1.54) is 11.4 Å². The molecule has 29 heavy (non-hydrogen) atoms. The second-order valence-corrected chi connectivity index (χ2v) is 9.38. The fourth-order valence-electron chi connectivity index (χ4n) is 3.47. The van der Waals surface area contributed by atoms with Crippen molar-refractivity contribution in [3.8, 4) is 5.75 Å². The Kier molecular flexibility index (Phi) is 7.16. The third-order valence-electron chi connectivity index (χ3n) is 5.06. The first kappa shape index (κ1) is 21.6. The number of hydrogen-bond acceptors (Lipinski definition) is 4. The number of halogens is 1. The average molecular weight is 437 g/mol. The number of sulfonamides is 1. The maximum Gasteiger partial charge on any atom is 0.243 e. The predicted molar refractivity (Wildman–Crippen MR) is 112 cm³/mol. The minimum absolute atomic E-state index is 0.142. The monoisotopic (exact) mass is 436 g/mol. The predicted octanol–water partition coefficient (Wildman–Crippen LogP) is 3.60. The van der Waals surface area contributed by atoms with Crippen LogP contribution in [0, 0.1) is 0 Å². The van der Waals surface area contributed by atoms with Gasteiger partial charge in [0.15, 0.2) is 0 Å². The van der Waals surface area contributed by atoms with Crippen LogP contribution in [0.5, 0.6) is 5.75 Å². The fourth-order valence-corrected chi connectivity index (χ4v) is 5.29. The molecule has 1 amide bonds. The number of nitrogens with zero attached hydrogens (tertiary/aromatic N) is 1. The van der Waals surface area contributed by atoms with Gasteiger partial charge < -0.3 is 10.1 Å². The van der Waals surface area contributed by atoms with Crippen LogP contribution in [-0.4, -0.2) is 38.3 Å². The van der Waals surface area contributed by atoms with E-state index < -0.39 is 10.0 Å². The van der Waals surface area contributed by atoms with Crippen molar-refractivity contribution in [3.63, 3.8) is 0 Å². The zero-order valence-electron chi connectivity index (χ0n) is 16.3. The number of ether oxygens (including phenoxy) is 1. The molecule has 1 fully saturated rings. The van der Waals surface area contributed by atoms with Crippen LogP contribution in [0.2, 0.25) is 5.02 Å².